The van der Waals surface area contributed by atoms with Crippen LogP contribution in [0, 0.1) is 22.5 Å². The molecule has 0 aromatic heterocycles. The second-order valence-corrected chi connectivity index (χ2v) is 29.3. The van der Waals surface area contributed by atoms with E-state index < -0.39 is 55.7 Å². The molecule has 4 aromatic rings. The van der Waals surface area contributed by atoms with E-state index in [1.807, 2.05) is 64.6 Å². The Morgan fingerprint density at radius 2 is 0.952 bits per heavy atom. The molecule has 16 nitrogen and oxygen atoms in total. The third-order valence-corrected chi connectivity index (χ3v) is 18.5. The lowest BCUT2D eigenvalue weighted by Gasteiger charge is -2.38. The molecule has 24 heteroatoms. The third kappa shape index (κ3) is 21.6. The fraction of sp³-hybridized carbons (Fsp3) is 0.559. The number of ether oxygens (including phenoxy) is 2. The largest absolute Gasteiger partial charge is 0.494 e. The van der Waals surface area contributed by atoms with Crippen LogP contribution in [-0.4, -0.2) is 165 Å². The smallest absolute Gasteiger partial charge is 0.322 e. The minimum atomic E-state index is -3.65. The van der Waals surface area contributed by atoms with Gasteiger partial charge in [0.15, 0.2) is 23.1 Å². The van der Waals surface area contributed by atoms with Crippen LogP contribution < -0.4 is 9.47 Å². The Labute approximate surface area is 505 Å². The predicted molar refractivity (Wildman–Crippen MR) is 325 cm³/mol. The quantitative estimate of drug-likeness (QED) is 0.0676. The van der Waals surface area contributed by atoms with Crippen LogP contribution in [0.25, 0.3) is 0 Å². The molecule has 2 saturated heterocycles. The van der Waals surface area contributed by atoms with Gasteiger partial charge in [-0.2, -0.15) is 12.5 Å². The van der Waals surface area contributed by atoms with Crippen LogP contribution in [0.3, 0.4) is 0 Å². The van der Waals surface area contributed by atoms with Gasteiger partial charge < -0.3 is 29.5 Å². The van der Waals surface area contributed by atoms with Gasteiger partial charge in [0.25, 0.3) is 0 Å². The molecule has 4 aromatic carbocycles. The van der Waals surface area contributed by atoms with Crippen LogP contribution in [0.2, 0.25) is 10.0 Å². The van der Waals surface area contributed by atoms with E-state index in [4.69, 9.17) is 32.7 Å². The average molecular weight is 1260 g/mol. The third-order valence-electron chi connectivity index (χ3n) is 14.1. The van der Waals surface area contributed by atoms with Crippen LogP contribution in [0.4, 0.5) is 12.7 Å². The SMILES string of the molecule is COc1ccc(Cl)c(CN(Cc2cccc(CN3C(C(=O)O)CCS3(=O)=O)c2)[C@H](CN(C)C)CC(C)(C)C)c1F.COc1ccc(Cl)c(CN(Cc2cccc(CN3C(C(=O)O)CCS3(=O)=O)c2)[C@H](CN(C)C)CC(C)(C)C)c1F.CSF. The minimum Gasteiger partial charge on any atom is -0.494 e. The van der Waals surface area contributed by atoms with Crippen molar-refractivity contribution in [2.75, 3.05) is 73.3 Å². The summed E-state index contributed by atoms with van der Waals surface area (Å²) in [6.45, 7) is 15.8. The van der Waals surface area contributed by atoms with Crippen molar-refractivity contribution in [1.82, 2.24) is 28.2 Å². The maximum absolute atomic E-state index is 15.4. The average Bonchev–Trinajstić information content (AvgIpc) is 4.15. The molecule has 4 atom stereocenters. The molecule has 6 rings (SSSR count). The highest BCUT2D eigenvalue weighted by Gasteiger charge is 2.43. The van der Waals surface area contributed by atoms with E-state index in [-0.39, 0.29) is 97.1 Å². The lowest BCUT2D eigenvalue weighted by Crippen LogP contribution is -2.43. The number of carboxylic acids is 2. The molecule has 0 amide bonds. The van der Waals surface area contributed by atoms with Gasteiger partial charge >= 0.3 is 11.9 Å². The zero-order valence-electron chi connectivity index (χ0n) is 50.1. The van der Waals surface area contributed by atoms with Crippen molar-refractivity contribution in [3.63, 3.8) is 0 Å². The van der Waals surface area contributed by atoms with Gasteiger partial charge in [-0.05, 0) is 111 Å². The number of likely N-dealkylation sites (N-methyl/N-ethyl adjacent to an activating group) is 2. The second kappa shape index (κ2) is 31.4. The van der Waals surface area contributed by atoms with E-state index in [1.165, 1.54) is 32.6 Å². The van der Waals surface area contributed by atoms with Crippen molar-refractivity contribution < 1.29 is 58.8 Å². The Hall–Kier alpha value is -4.20. The number of aliphatic carboxylic acids is 2. The van der Waals surface area contributed by atoms with Gasteiger partial charge in [0, 0.05) is 104 Å². The maximum Gasteiger partial charge on any atom is 0.322 e. The van der Waals surface area contributed by atoms with E-state index in [0.29, 0.717) is 45.4 Å². The van der Waals surface area contributed by atoms with Crippen molar-refractivity contribution in [3.8, 4) is 11.5 Å². The number of halogens is 5. The molecule has 0 aliphatic carbocycles. The number of carbonyl (C=O) groups is 2. The molecule has 2 N–H and O–H groups in total. The first kappa shape index (κ1) is 71.3. The van der Waals surface area contributed by atoms with Gasteiger partial charge in [-0.1, -0.05) is 113 Å². The van der Waals surface area contributed by atoms with E-state index >= 15 is 8.78 Å². The fourth-order valence-electron chi connectivity index (χ4n) is 10.5. The van der Waals surface area contributed by atoms with E-state index in [0.717, 1.165) is 45.7 Å². The standard InChI is InChI=1S/2C29H41ClFN3O5S.CH3FS/c2*1-29(2,3)15-22(18-32(4)5)33(19-23-24(30)10-11-26(39-6)27(23)31)16-20-8-7-9-21(14-20)17-34-25(28(35)36)12-13-40(34,37)38;1-3-2/h2*7-11,14,22,25H,12-13,15-19H2,1-6H3,(H,35,36);1H3/t2*22-,25?;/m00./s1. The first-order valence-electron chi connectivity index (χ1n) is 27.2. The molecule has 2 aliphatic rings. The Bertz CT molecular complexity index is 2830. The van der Waals surface area contributed by atoms with Gasteiger partial charge in [0.2, 0.25) is 20.0 Å². The first-order chi connectivity index (χ1) is 38.6. The Kier molecular flexibility index (Phi) is 27.0. The Morgan fingerprint density at radius 1 is 0.627 bits per heavy atom. The zero-order chi connectivity index (χ0) is 62.4. The van der Waals surface area contributed by atoms with Crippen LogP contribution in [0.5, 0.6) is 11.5 Å². The van der Waals surface area contributed by atoms with Crippen LogP contribution >= 0.6 is 35.3 Å². The number of hydrogen-bond donors (Lipinski definition) is 2. The van der Waals surface area contributed by atoms with E-state index in [9.17, 15) is 40.5 Å². The summed E-state index contributed by atoms with van der Waals surface area (Å²) in [7, 11) is 3.55. The highest BCUT2D eigenvalue weighted by Crippen LogP contribution is 2.35. The number of nitrogens with zero attached hydrogens (tertiary/aromatic N) is 6. The highest BCUT2D eigenvalue weighted by molar-refractivity contribution is 7.93. The van der Waals surface area contributed by atoms with Crippen molar-refractivity contribution in [2.24, 2.45) is 10.8 Å². The van der Waals surface area contributed by atoms with E-state index in [1.54, 1.807) is 24.3 Å². The van der Waals surface area contributed by atoms with Gasteiger partial charge in [-0.3, -0.25) is 19.4 Å². The molecular formula is C59H85Cl2F3N6O10S3. The van der Waals surface area contributed by atoms with Crippen molar-refractivity contribution in [2.45, 2.75) is 131 Å². The molecule has 83 heavy (non-hydrogen) atoms. The van der Waals surface area contributed by atoms with Crippen molar-refractivity contribution >= 4 is 67.3 Å². The van der Waals surface area contributed by atoms with Gasteiger partial charge in [-0.15, -0.1) is 0 Å². The minimum absolute atomic E-state index is 0.00650. The number of benzene rings is 4. The molecule has 0 bridgehead atoms. The summed E-state index contributed by atoms with van der Waals surface area (Å²) in [6.07, 6.45) is 3.18. The lowest BCUT2D eigenvalue weighted by atomic mass is 9.87. The number of carboxylic acid groups (broad SMARTS) is 2. The van der Waals surface area contributed by atoms with Gasteiger partial charge in [0.05, 0.1) is 25.7 Å². The van der Waals surface area contributed by atoms with Crippen molar-refractivity contribution in [3.05, 3.63) is 128 Å². The summed E-state index contributed by atoms with van der Waals surface area (Å²) in [5, 5.41) is 19.7. The van der Waals surface area contributed by atoms with Gasteiger partial charge in [-0.25, -0.2) is 25.6 Å². The van der Waals surface area contributed by atoms with Crippen molar-refractivity contribution in [1.29, 1.82) is 0 Å². The molecule has 0 saturated carbocycles. The number of hydrogen-bond acceptors (Lipinski definition) is 13. The molecule has 0 spiro atoms. The molecule has 2 aliphatic heterocycles. The molecule has 2 unspecified atom stereocenters. The van der Waals surface area contributed by atoms with Crippen LogP contribution in [0.15, 0.2) is 72.8 Å². The number of methoxy groups -OCH3 is 2. The van der Waals surface area contributed by atoms with Gasteiger partial charge in [0.1, 0.15) is 12.1 Å². The van der Waals surface area contributed by atoms with E-state index in [2.05, 4.69) is 61.1 Å². The summed E-state index contributed by atoms with van der Waals surface area (Å²) in [4.78, 5) is 32.0. The monoisotopic (exact) mass is 1260 g/mol. The Balaban J connectivity index is 0.000000340. The maximum atomic E-state index is 15.4. The highest BCUT2D eigenvalue weighted by atomic mass is 35.5. The molecule has 464 valence electrons. The lowest BCUT2D eigenvalue weighted by molar-refractivity contribution is -0.142. The summed E-state index contributed by atoms with van der Waals surface area (Å²) < 4.78 is 104. The summed E-state index contributed by atoms with van der Waals surface area (Å²) in [5.41, 5.74) is 3.88. The number of rotatable bonds is 24. The summed E-state index contributed by atoms with van der Waals surface area (Å²) in [6, 6.07) is 19.2. The molecule has 2 heterocycles. The molecule has 0 radical (unpaired) electrons. The van der Waals surface area contributed by atoms with Crippen LogP contribution in [-0.2, 0) is 68.9 Å². The Morgan fingerprint density at radius 3 is 1.24 bits per heavy atom. The fourth-order valence-corrected chi connectivity index (χ4v) is 14.3. The predicted octanol–water partition coefficient (Wildman–Crippen LogP) is 10.9. The zero-order valence-corrected chi connectivity index (χ0v) is 54.1. The normalized spacial score (nSPS) is 18.0. The first-order valence-corrected chi connectivity index (χ1v) is 32.3. The number of sulfonamides is 2. The second-order valence-electron chi connectivity index (χ2n) is 24.1. The molecule has 2 fully saturated rings. The van der Waals surface area contributed by atoms with Crippen LogP contribution in [0.1, 0.15) is 101 Å². The summed E-state index contributed by atoms with van der Waals surface area (Å²) >= 11 is 13.2. The topological polar surface area (TPSA) is 181 Å². The molecular weight excluding hydrogens is 1180 g/mol. The summed E-state index contributed by atoms with van der Waals surface area (Å²) in [5.74, 6) is -3.38.